The van der Waals surface area contributed by atoms with Crippen molar-refractivity contribution in [1.29, 1.82) is 0 Å². The van der Waals surface area contributed by atoms with E-state index in [4.69, 9.17) is 4.74 Å². The zero-order valence-electron chi connectivity index (χ0n) is 14.3. The SMILES string of the molecule is O=C(CCC1CCNC1)Nc1cccc(Oc2ccc([N+](=O)[O-])cc2)c1. The first-order chi connectivity index (χ1) is 12.6. The van der Waals surface area contributed by atoms with Gasteiger partial charge in [0.05, 0.1) is 4.92 Å². The third-order valence-electron chi connectivity index (χ3n) is 4.34. The van der Waals surface area contributed by atoms with E-state index < -0.39 is 4.92 Å². The van der Waals surface area contributed by atoms with E-state index in [1.165, 1.54) is 12.1 Å². The molecule has 136 valence electrons. The minimum absolute atomic E-state index is 0.00983. The number of hydrogen-bond donors (Lipinski definition) is 2. The lowest BCUT2D eigenvalue weighted by Gasteiger charge is -2.10. The van der Waals surface area contributed by atoms with Crippen LogP contribution in [0.25, 0.3) is 0 Å². The number of benzene rings is 2. The second kappa shape index (κ2) is 8.44. The Morgan fingerprint density at radius 1 is 1.23 bits per heavy atom. The zero-order chi connectivity index (χ0) is 18.4. The Balaban J connectivity index is 1.55. The average molecular weight is 355 g/mol. The summed E-state index contributed by atoms with van der Waals surface area (Å²) >= 11 is 0. The van der Waals surface area contributed by atoms with E-state index in [-0.39, 0.29) is 11.6 Å². The topological polar surface area (TPSA) is 93.5 Å². The normalized spacial score (nSPS) is 16.2. The molecule has 1 atom stereocenters. The highest BCUT2D eigenvalue weighted by atomic mass is 16.6. The molecule has 1 amide bonds. The summed E-state index contributed by atoms with van der Waals surface area (Å²) in [5, 5.41) is 16.9. The average Bonchev–Trinajstić information content (AvgIpc) is 3.14. The highest BCUT2D eigenvalue weighted by molar-refractivity contribution is 5.90. The fourth-order valence-corrected chi connectivity index (χ4v) is 2.93. The fraction of sp³-hybridized carbons (Fsp3) is 0.316. The van der Waals surface area contributed by atoms with Crippen molar-refractivity contribution in [2.45, 2.75) is 19.3 Å². The third kappa shape index (κ3) is 5.03. The first-order valence-electron chi connectivity index (χ1n) is 8.63. The van der Waals surface area contributed by atoms with Gasteiger partial charge >= 0.3 is 0 Å². The van der Waals surface area contributed by atoms with Crippen LogP contribution in [0.2, 0.25) is 0 Å². The zero-order valence-corrected chi connectivity index (χ0v) is 14.3. The van der Waals surface area contributed by atoms with Crippen molar-refractivity contribution >= 4 is 17.3 Å². The number of ether oxygens (including phenoxy) is 1. The first-order valence-corrected chi connectivity index (χ1v) is 8.63. The molecular formula is C19H21N3O4. The van der Waals surface area contributed by atoms with Crippen molar-refractivity contribution < 1.29 is 14.5 Å². The Morgan fingerprint density at radius 2 is 2.04 bits per heavy atom. The lowest BCUT2D eigenvalue weighted by Crippen LogP contribution is -2.15. The van der Waals surface area contributed by atoms with Crippen LogP contribution in [-0.2, 0) is 4.79 Å². The van der Waals surface area contributed by atoms with E-state index in [0.717, 1.165) is 25.9 Å². The van der Waals surface area contributed by atoms with Gasteiger partial charge in [0.25, 0.3) is 5.69 Å². The van der Waals surface area contributed by atoms with Crippen molar-refractivity contribution in [3.63, 3.8) is 0 Å². The predicted octanol–water partition coefficient (Wildman–Crippen LogP) is 3.72. The molecule has 26 heavy (non-hydrogen) atoms. The molecule has 0 radical (unpaired) electrons. The van der Waals surface area contributed by atoms with Crippen molar-refractivity contribution in [2.24, 2.45) is 5.92 Å². The quantitative estimate of drug-likeness (QED) is 0.583. The van der Waals surface area contributed by atoms with E-state index in [0.29, 0.717) is 29.5 Å². The molecular weight excluding hydrogens is 334 g/mol. The van der Waals surface area contributed by atoms with Gasteiger partial charge in [-0.2, -0.15) is 0 Å². The van der Waals surface area contributed by atoms with Crippen LogP contribution in [0.3, 0.4) is 0 Å². The molecule has 1 fully saturated rings. The molecule has 2 N–H and O–H groups in total. The van der Waals surface area contributed by atoms with Crippen molar-refractivity contribution in [2.75, 3.05) is 18.4 Å². The number of nitrogens with zero attached hydrogens (tertiary/aromatic N) is 1. The summed E-state index contributed by atoms with van der Waals surface area (Å²) in [4.78, 5) is 22.3. The van der Waals surface area contributed by atoms with Gasteiger partial charge in [-0.25, -0.2) is 0 Å². The molecule has 1 aliphatic heterocycles. The molecule has 7 heteroatoms. The number of non-ortho nitro benzene ring substituents is 1. The number of rotatable bonds is 7. The highest BCUT2D eigenvalue weighted by Crippen LogP contribution is 2.26. The minimum Gasteiger partial charge on any atom is -0.457 e. The minimum atomic E-state index is -0.457. The summed E-state index contributed by atoms with van der Waals surface area (Å²) < 4.78 is 5.69. The van der Waals surface area contributed by atoms with Gasteiger partial charge in [0.15, 0.2) is 0 Å². The number of carbonyl (C=O) groups excluding carboxylic acids is 1. The maximum atomic E-state index is 12.1. The molecule has 1 unspecified atom stereocenters. The van der Waals surface area contributed by atoms with E-state index in [1.807, 2.05) is 0 Å². The van der Waals surface area contributed by atoms with Crippen molar-refractivity contribution in [3.8, 4) is 11.5 Å². The van der Waals surface area contributed by atoms with Gasteiger partial charge in [0.1, 0.15) is 11.5 Å². The molecule has 1 saturated heterocycles. The highest BCUT2D eigenvalue weighted by Gasteiger charge is 2.15. The van der Waals surface area contributed by atoms with E-state index in [1.54, 1.807) is 36.4 Å². The smallest absolute Gasteiger partial charge is 0.269 e. The predicted molar refractivity (Wildman–Crippen MR) is 98.5 cm³/mol. The largest absolute Gasteiger partial charge is 0.457 e. The first kappa shape index (κ1) is 17.9. The number of carbonyl (C=O) groups is 1. The molecule has 0 aromatic heterocycles. The van der Waals surface area contributed by atoms with Crippen LogP contribution in [-0.4, -0.2) is 23.9 Å². The molecule has 2 aromatic carbocycles. The van der Waals surface area contributed by atoms with Gasteiger partial charge in [-0.15, -0.1) is 0 Å². The van der Waals surface area contributed by atoms with Crippen LogP contribution in [0.15, 0.2) is 48.5 Å². The van der Waals surface area contributed by atoms with Crippen LogP contribution >= 0.6 is 0 Å². The fourth-order valence-electron chi connectivity index (χ4n) is 2.93. The monoisotopic (exact) mass is 355 g/mol. The molecule has 1 aliphatic rings. The van der Waals surface area contributed by atoms with E-state index in [9.17, 15) is 14.9 Å². The molecule has 7 nitrogen and oxygen atoms in total. The molecule has 0 saturated carbocycles. The Hall–Kier alpha value is -2.93. The number of nitro benzene ring substituents is 1. The number of nitro groups is 1. The standard InChI is InChI=1S/C19H21N3O4/c23-19(9-4-14-10-11-20-13-14)21-15-2-1-3-18(12-15)26-17-7-5-16(6-8-17)22(24)25/h1-3,5-8,12,14,20H,4,9-11,13H2,(H,21,23). The van der Waals surface area contributed by atoms with Crippen LogP contribution in [0, 0.1) is 16.0 Å². The van der Waals surface area contributed by atoms with Gasteiger partial charge in [0, 0.05) is 30.3 Å². The molecule has 0 aliphatic carbocycles. The van der Waals surface area contributed by atoms with Gasteiger partial charge < -0.3 is 15.4 Å². The maximum Gasteiger partial charge on any atom is 0.269 e. The van der Waals surface area contributed by atoms with Crippen LogP contribution in [0.4, 0.5) is 11.4 Å². The summed E-state index contributed by atoms with van der Waals surface area (Å²) in [5.41, 5.74) is 0.676. The second-order valence-electron chi connectivity index (χ2n) is 6.33. The lowest BCUT2D eigenvalue weighted by molar-refractivity contribution is -0.384. The summed E-state index contributed by atoms with van der Waals surface area (Å²) in [6, 6.07) is 12.9. The molecule has 2 aromatic rings. The van der Waals surface area contributed by atoms with Crippen LogP contribution in [0.1, 0.15) is 19.3 Å². The number of amides is 1. The van der Waals surface area contributed by atoms with E-state index in [2.05, 4.69) is 10.6 Å². The summed E-state index contributed by atoms with van der Waals surface area (Å²) in [6.45, 7) is 2.03. The van der Waals surface area contributed by atoms with Gasteiger partial charge in [-0.3, -0.25) is 14.9 Å². The summed E-state index contributed by atoms with van der Waals surface area (Å²) in [5.74, 6) is 1.62. The Labute approximate surface area is 151 Å². The number of hydrogen-bond acceptors (Lipinski definition) is 5. The number of anilines is 1. The van der Waals surface area contributed by atoms with Crippen LogP contribution < -0.4 is 15.4 Å². The molecule has 3 rings (SSSR count). The second-order valence-corrected chi connectivity index (χ2v) is 6.33. The Bertz CT molecular complexity index is 771. The van der Waals surface area contributed by atoms with Crippen molar-refractivity contribution in [3.05, 3.63) is 58.6 Å². The third-order valence-corrected chi connectivity index (χ3v) is 4.34. The van der Waals surface area contributed by atoms with Gasteiger partial charge in [-0.05, 0) is 56.1 Å². The lowest BCUT2D eigenvalue weighted by atomic mass is 10.0. The Morgan fingerprint density at radius 3 is 2.73 bits per heavy atom. The Kier molecular flexibility index (Phi) is 5.80. The molecule has 0 spiro atoms. The van der Waals surface area contributed by atoms with Crippen molar-refractivity contribution in [1.82, 2.24) is 5.32 Å². The summed E-state index contributed by atoms with van der Waals surface area (Å²) in [7, 11) is 0. The maximum absolute atomic E-state index is 12.1. The molecule has 1 heterocycles. The van der Waals surface area contributed by atoms with E-state index >= 15 is 0 Å². The molecule has 0 bridgehead atoms. The summed E-state index contributed by atoms with van der Waals surface area (Å²) in [6.07, 6.45) is 2.52. The number of nitrogens with one attached hydrogen (secondary N) is 2. The van der Waals surface area contributed by atoms with Gasteiger partial charge in [0.2, 0.25) is 5.91 Å². The van der Waals surface area contributed by atoms with Crippen LogP contribution in [0.5, 0.6) is 11.5 Å². The van der Waals surface area contributed by atoms with Gasteiger partial charge in [-0.1, -0.05) is 6.07 Å².